The fourth-order valence-electron chi connectivity index (χ4n) is 4.66. The van der Waals surface area contributed by atoms with Gasteiger partial charge in [-0.25, -0.2) is 4.98 Å². The molecule has 4 aliphatic rings. The number of aliphatic carboxylic acids is 1. The molecule has 1 aromatic rings. The highest BCUT2D eigenvalue weighted by Crippen LogP contribution is 2.46. The maximum absolute atomic E-state index is 13.0. The molecule has 3 aliphatic carbocycles. The Morgan fingerprint density at radius 1 is 1.08 bits per heavy atom. The van der Waals surface area contributed by atoms with Crippen LogP contribution in [0.2, 0.25) is 0 Å². The van der Waals surface area contributed by atoms with Gasteiger partial charge in [0, 0.05) is 19.0 Å². The van der Waals surface area contributed by atoms with Crippen molar-refractivity contribution >= 4 is 11.9 Å². The number of oxazole rings is 1. The summed E-state index contributed by atoms with van der Waals surface area (Å²) in [6.45, 7) is 1.30. The number of carbonyl (C=O) groups excluding carboxylic acids is 1. The molecule has 1 N–H and O–H groups in total. The standard InChI is InChI=1S/C18H22N2O4/c21-17(14-11-1-3-12(4-2-11)15(14)18(22)23)20-8-5-13(6-9-20)16-19-7-10-24-16/h1,3,7,10-15H,2,4-6,8-9H2,(H,22,23)/t11?,12?,14-,15+/m1/s1. The lowest BCUT2D eigenvalue weighted by atomic mass is 9.61. The van der Waals surface area contributed by atoms with Gasteiger partial charge in [0.2, 0.25) is 5.91 Å². The van der Waals surface area contributed by atoms with Crippen LogP contribution in [0.15, 0.2) is 29.0 Å². The summed E-state index contributed by atoms with van der Waals surface area (Å²) in [5.41, 5.74) is 0. The van der Waals surface area contributed by atoms with Crippen molar-refractivity contribution in [3.05, 3.63) is 30.5 Å². The fraction of sp³-hybridized carbons (Fsp3) is 0.611. The number of allylic oxidation sites excluding steroid dienone is 2. The van der Waals surface area contributed by atoms with E-state index in [1.165, 1.54) is 0 Å². The molecular weight excluding hydrogens is 308 g/mol. The van der Waals surface area contributed by atoms with Crippen molar-refractivity contribution in [2.24, 2.45) is 23.7 Å². The lowest BCUT2D eigenvalue weighted by Crippen LogP contribution is -2.51. The number of rotatable bonds is 3. The second-order valence-electron chi connectivity index (χ2n) is 7.15. The number of hydrogen-bond acceptors (Lipinski definition) is 4. The van der Waals surface area contributed by atoms with Crippen LogP contribution in [-0.2, 0) is 9.59 Å². The highest BCUT2D eigenvalue weighted by atomic mass is 16.4. The number of amides is 1. The second kappa shape index (κ2) is 6.07. The number of carboxylic acid groups (broad SMARTS) is 1. The largest absolute Gasteiger partial charge is 0.481 e. The van der Waals surface area contributed by atoms with E-state index < -0.39 is 17.8 Å². The zero-order chi connectivity index (χ0) is 16.7. The molecule has 1 amide bonds. The molecule has 128 valence electrons. The minimum atomic E-state index is -0.831. The molecule has 1 saturated carbocycles. The SMILES string of the molecule is O=C(O)[C@H]1C2C=CC(CC2)[C@H]1C(=O)N1CCC(c2ncco2)CC1. The molecule has 0 aromatic carbocycles. The molecule has 1 aromatic heterocycles. The first-order valence-corrected chi connectivity index (χ1v) is 8.74. The third-order valence-corrected chi connectivity index (χ3v) is 5.93. The molecule has 5 rings (SSSR count). The van der Waals surface area contributed by atoms with Crippen LogP contribution in [0.1, 0.15) is 37.5 Å². The zero-order valence-corrected chi connectivity index (χ0v) is 13.5. The summed E-state index contributed by atoms with van der Waals surface area (Å²) in [5, 5.41) is 9.62. The summed E-state index contributed by atoms with van der Waals surface area (Å²) in [5.74, 6) is -0.698. The Labute approximate surface area is 140 Å². The maximum atomic E-state index is 13.0. The summed E-state index contributed by atoms with van der Waals surface area (Å²) >= 11 is 0. The Morgan fingerprint density at radius 3 is 2.29 bits per heavy atom. The third kappa shape index (κ3) is 2.54. The number of carboxylic acids is 1. The molecule has 6 heteroatoms. The second-order valence-corrected chi connectivity index (χ2v) is 7.15. The summed E-state index contributed by atoms with van der Waals surface area (Å²) in [6, 6.07) is 0. The number of nitrogens with zero attached hydrogens (tertiary/aromatic N) is 2. The van der Waals surface area contributed by atoms with E-state index in [1.807, 2.05) is 11.0 Å². The Bertz CT molecular complexity index is 646. The van der Waals surface area contributed by atoms with Crippen LogP contribution in [-0.4, -0.2) is 40.0 Å². The van der Waals surface area contributed by atoms with Crippen LogP contribution in [0.4, 0.5) is 0 Å². The number of likely N-dealkylation sites (tertiary alicyclic amines) is 1. The summed E-state index contributed by atoms with van der Waals surface area (Å²) in [7, 11) is 0. The van der Waals surface area contributed by atoms with E-state index >= 15 is 0 Å². The van der Waals surface area contributed by atoms with Gasteiger partial charge in [0.05, 0.1) is 18.0 Å². The lowest BCUT2D eigenvalue weighted by molar-refractivity contribution is -0.157. The molecule has 24 heavy (non-hydrogen) atoms. The van der Waals surface area contributed by atoms with Crippen molar-refractivity contribution in [3.8, 4) is 0 Å². The van der Waals surface area contributed by atoms with E-state index in [0.29, 0.717) is 13.1 Å². The van der Waals surface area contributed by atoms with Gasteiger partial charge in [-0.05, 0) is 37.5 Å². The van der Waals surface area contributed by atoms with Gasteiger partial charge in [0.1, 0.15) is 6.26 Å². The average Bonchev–Trinajstić information content (AvgIpc) is 3.16. The number of carbonyl (C=O) groups is 2. The summed E-state index contributed by atoms with van der Waals surface area (Å²) in [6.07, 6.45) is 10.7. The van der Waals surface area contributed by atoms with E-state index in [2.05, 4.69) is 11.1 Å². The quantitative estimate of drug-likeness (QED) is 0.860. The van der Waals surface area contributed by atoms with Gasteiger partial charge in [-0.2, -0.15) is 0 Å². The first-order chi connectivity index (χ1) is 11.6. The Hall–Kier alpha value is -2.11. The van der Waals surface area contributed by atoms with Gasteiger partial charge in [0.15, 0.2) is 5.89 Å². The minimum Gasteiger partial charge on any atom is -0.481 e. The predicted molar refractivity (Wildman–Crippen MR) is 85.0 cm³/mol. The molecular formula is C18H22N2O4. The van der Waals surface area contributed by atoms with Crippen LogP contribution < -0.4 is 0 Å². The fourth-order valence-corrected chi connectivity index (χ4v) is 4.66. The van der Waals surface area contributed by atoms with E-state index in [4.69, 9.17) is 4.42 Å². The normalized spacial score (nSPS) is 32.9. The molecule has 2 unspecified atom stereocenters. The molecule has 0 radical (unpaired) electrons. The van der Waals surface area contributed by atoms with Crippen LogP contribution >= 0.6 is 0 Å². The third-order valence-electron chi connectivity index (χ3n) is 5.93. The van der Waals surface area contributed by atoms with Crippen LogP contribution in [0.5, 0.6) is 0 Å². The Balaban J connectivity index is 1.46. The summed E-state index contributed by atoms with van der Waals surface area (Å²) < 4.78 is 5.37. The van der Waals surface area contributed by atoms with Gasteiger partial charge < -0.3 is 14.4 Å². The molecule has 6 nitrogen and oxygen atoms in total. The summed E-state index contributed by atoms with van der Waals surface area (Å²) in [4.78, 5) is 30.8. The molecule has 1 aliphatic heterocycles. The van der Waals surface area contributed by atoms with Crippen LogP contribution in [0, 0.1) is 23.7 Å². The van der Waals surface area contributed by atoms with Gasteiger partial charge in [0.25, 0.3) is 0 Å². The number of hydrogen-bond donors (Lipinski definition) is 1. The van der Waals surface area contributed by atoms with E-state index in [0.717, 1.165) is 31.6 Å². The van der Waals surface area contributed by atoms with E-state index in [9.17, 15) is 14.7 Å². The number of aromatic nitrogens is 1. The maximum Gasteiger partial charge on any atom is 0.307 e. The van der Waals surface area contributed by atoms with Crippen molar-refractivity contribution in [2.75, 3.05) is 13.1 Å². The highest BCUT2D eigenvalue weighted by molar-refractivity contribution is 5.86. The average molecular weight is 330 g/mol. The predicted octanol–water partition coefficient (Wildman–Crippen LogP) is 2.29. The van der Waals surface area contributed by atoms with Crippen LogP contribution in [0.3, 0.4) is 0 Å². The molecule has 0 spiro atoms. The molecule has 2 heterocycles. The van der Waals surface area contributed by atoms with Gasteiger partial charge >= 0.3 is 5.97 Å². The topological polar surface area (TPSA) is 83.6 Å². The minimum absolute atomic E-state index is 0.00584. The molecule has 4 atom stereocenters. The van der Waals surface area contributed by atoms with E-state index in [1.54, 1.807) is 12.5 Å². The van der Waals surface area contributed by atoms with Gasteiger partial charge in [-0.3, -0.25) is 9.59 Å². The Morgan fingerprint density at radius 2 is 1.75 bits per heavy atom. The first kappa shape index (κ1) is 15.4. The van der Waals surface area contributed by atoms with Crippen LogP contribution in [0.25, 0.3) is 0 Å². The molecule has 2 bridgehead atoms. The molecule has 2 fully saturated rings. The highest BCUT2D eigenvalue weighted by Gasteiger charge is 2.49. The Kier molecular flexibility index (Phi) is 3.90. The van der Waals surface area contributed by atoms with Gasteiger partial charge in [-0.1, -0.05) is 12.2 Å². The van der Waals surface area contributed by atoms with Crippen molar-refractivity contribution in [2.45, 2.75) is 31.6 Å². The van der Waals surface area contributed by atoms with Crippen molar-refractivity contribution < 1.29 is 19.1 Å². The first-order valence-electron chi connectivity index (χ1n) is 8.74. The zero-order valence-electron chi connectivity index (χ0n) is 13.5. The molecule has 1 saturated heterocycles. The van der Waals surface area contributed by atoms with Crippen molar-refractivity contribution in [3.63, 3.8) is 0 Å². The number of fused-ring (bicyclic) bond motifs is 2. The smallest absolute Gasteiger partial charge is 0.307 e. The number of piperidine rings is 1. The lowest BCUT2D eigenvalue weighted by Gasteiger charge is -2.44. The van der Waals surface area contributed by atoms with E-state index in [-0.39, 0.29) is 23.7 Å². The monoisotopic (exact) mass is 330 g/mol. The van der Waals surface area contributed by atoms with Crippen molar-refractivity contribution in [1.82, 2.24) is 9.88 Å². The van der Waals surface area contributed by atoms with Gasteiger partial charge in [-0.15, -0.1) is 0 Å². The van der Waals surface area contributed by atoms with Crippen molar-refractivity contribution in [1.29, 1.82) is 0 Å².